The fraction of sp³-hybridized carbons (Fsp3) is 0.333. The van der Waals surface area contributed by atoms with Crippen molar-refractivity contribution >= 4 is 35.6 Å². The maximum atomic E-state index is 13.6. The number of fused-ring (bicyclic) bond motifs is 1. The minimum Gasteiger partial charge on any atom is -0.489 e. The van der Waals surface area contributed by atoms with Gasteiger partial charge in [0.2, 0.25) is 0 Å². The number of hydrogen-bond acceptors (Lipinski definition) is 3. The molecule has 3 rings (SSSR count). The standard InChI is InChI=1S/C21H26FN5O.HI/c1-16-7-6-12-27-15-17(25-20(16)27)10-11-24-21(23-2)26(3)13-14-28-19-9-5-4-8-18(19)22;/h4-9,12,15H,10-11,13-14H2,1-3H3,(H,23,24);1H. The van der Waals surface area contributed by atoms with Gasteiger partial charge in [-0.15, -0.1) is 24.0 Å². The number of ether oxygens (including phenoxy) is 1. The molecule has 8 heteroatoms. The van der Waals surface area contributed by atoms with Crippen LogP contribution in [0.3, 0.4) is 0 Å². The normalized spacial score (nSPS) is 11.2. The topological polar surface area (TPSA) is 54.2 Å². The summed E-state index contributed by atoms with van der Waals surface area (Å²) in [6.45, 7) is 3.73. The first kappa shape index (κ1) is 22.9. The van der Waals surface area contributed by atoms with Gasteiger partial charge in [0.15, 0.2) is 17.5 Å². The fourth-order valence-electron chi connectivity index (χ4n) is 2.97. The zero-order valence-electron chi connectivity index (χ0n) is 16.9. The van der Waals surface area contributed by atoms with Gasteiger partial charge in [0.1, 0.15) is 12.3 Å². The van der Waals surface area contributed by atoms with Gasteiger partial charge in [0, 0.05) is 39.5 Å². The number of hydrogen-bond donors (Lipinski definition) is 1. The number of nitrogens with one attached hydrogen (secondary N) is 1. The summed E-state index contributed by atoms with van der Waals surface area (Å²) in [6.07, 6.45) is 4.85. The van der Waals surface area contributed by atoms with Crippen LogP contribution in [0.25, 0.3) is 5.65 Å². The summed E-state index contributed by atoms with van der Waals surface area (Å²) < 4.78 is 21.1. The van der Waals surface area contributed by atoms with E-state index in [1.165, 1.54) is 6.07 Å². The lowest BCUT2D eigenvalue weighted by molar-refractivity contribution is 0.270. The first-order valence-electron chi connectivity index (χ1n) is 9.31. The molecule has 0 unspecified atom stereocenters. The third-order valence-electron chi connectivity index (χ3n) is 4.49. The van der Waals surface area contributed by atoms with Crippen LogP contribution in [0, 0.1) is 12.7 Å². The number of guanidine groups is 1. The molecule has 0 amide bonds. The minimum absolute atomic E-state index is 0. The van der Waals surface area contributed by atoms with Gasteiger partial charge in [0.05, 0.1) is 12.2 Å². The molecule has 0 aliphatic rings. The monoisotopic (exact) mass is 511 g/mol. The summed E-state index contributed by atoms with van der Waals surface area (Å²) in [5, 5.41) is 3.33. The Bertz CT molecular complexity index is 959. The maximum Gasteiger partial charge on any atom is 0.193 e. The van der Waals surface area contributed by atoms with Crippen molar-refractivity contribution in [1.82, 2.24) is 19.6 Å². The summed E-state index contributed by atoms with van der Waals surface area (Å²) >= 11 is 0. The van der Waals surface area contributed by atoms with Crippen LogP contribution in [0.4, 0.5) is 4.39 Å². The highest BCUT2D eigenvalue weighted by Crippen LogP contribution is 2.15. The van der Waals surface area contributed by atoms with E-state index >= 15 is 0 Å². The Morgan fingerprint density at radius 2 is 2.07 bits per heavy atom. The van der Waals surface area contributed by atoms with Crippen molar-refractivity contribution < 1.29 is 9.13 Å². The highest BCUT2D eigenvalue weighted by molar-refractivity contribution is 14.0. The number of aliphatic imine (C=N–C) groups is 1. The van der Waals surface area contributed by atoms with E-state index in [1.807, 2.05) is 28.6 Å². The van der Waals surface area contributed by atoms with E-state index < -0.39 is 0 Å². The molecule has 29 heavy (non-hydrogen) atoms. The molecule has 2 aromatic heterocycles. The van der Waals surface area contributed by atoms with Crippen LogP contribution in [0.2, 0.25) is 0 Å². The molecule has 6 nitrogen and oxygen atoms in total. The largest absolute Gasteiger partial charge is 0.489 e. The number of nitrogens with zero attached hydrogens (tertiary/aromatic N) is 4. The van der Waals surface area contributed by atoms with Crippen molar-refractivity contribution in [2.45, 2.75) is 13.3 Å². The van der Waals surface area contributed by atoms with Gasteiger partial charge in [-0.3, -0.25) is 4.99 Å². The molecule has 0 radical (unpaired) electrons. The van der Waals surface area contributed by atoms with E-state index in [-0.39, 0.29) is 35.5 Å². The highest BCUT2D eigenvalue weighted by atomic mass is 127. The summed E-state index contributed by atoms with van der Waals surface area (Å²) in [4.78, 5) is 10.9. The molecule has 0 aliphatic heterocycles. The molecule has 0 saturated carbocycles. The third-order valence-corrected chi connectivity index (χ3v) is 4.49. The van der Waals surface area contributed by atoms with Crippen LogP contribution in [0.15, 0.2) is 53.8 Å². The van der Waals surface area contributed by atoms with Crippen molar-refractivity contribution in [1.29, 1.82) is 0 Å². The van der Waals surface area contributed by atoms with E-state index in [0.717, 1.165) is 29.3 Å². The number of rotatable bonds is 7. The van der Waals surface area contributed by atoms with Crippen LogP contribution in [-0.2, 0) is 6.42 Å². The Labute approximate surface area is 187 Å². The second-order valence-electron chi connectivity index (χ2n) is 6.58. The molecule has 156 valence electrons. The van der Waals surface area contributed by atoms with Gasteiger partial charge >= 0.3 is 0 Å². The van der Waals surface area contributed by atoms with Crippen molar-refractivity contribution in [2.24, 2.45) is 4.99 Å². The summed E-state index contributed by atoms with van der Waals surface area (Å²) in [5.41, 5.74) is 3.18. The number of para-hydroxylation sites is 1. The predicted molar refractivity (Wildman–Crippen MR) is 125 cm³/mol. The number of halogens is 2. The molecule has 1 aromatic carbocycles. The van der Waals surface area contributed by atoms with E-state index in [0.29, 0.717) is 19.7 Å². The van der Waals surface area contributed by atoms with Gasteiger partial charge in [-0.05, 0) is 30.7 Å². The number of pyridine rings is 1. The zero-order chi connectivity index (χ0) is 19.9. The quantitative estimate of drug-likeness (QED) is 0.300. The summed E-state index contributed by atoms with van der Waals surface area (Å²) in [7, 11) is 3.67. The van der Waals surface area contributed by atoms with Gasteiger partial charge in [-0.25, -0.2) is 9.37 Å². The van der Waals surface area contributed by atoms with Gasteiger partial charge < -0.3 is 19.4 Å². The molecule has 0 spiro atoms. The van der Waals surface area contributed by atoms with E-state index in [1.54, 1.807) is 25.2 Å². The first-order valence-corrected chi connectivity index (χ1v) is 9.31. The average Bonchev–Trinajstić information content (AvgIpc) is 3.11. The molecule has 3 aromatic rings. The molecule has 0 bridgehead atoms. The molecule has 0 fully saturated rings. The lowest BCUT2D eigenvalue weighted by Crippen LogP contribution is -2.41. The molecular weight excluding hydrogens is 484 g/mol. The lowest BCUT2D eigenvalue weighted by atomic mass is 10.3. The van der Waals surface area contributed by atoms with E-state index in [4.69, 9.17) is 4.74 Å². The number of aryl methyl sites for hydroxylation is 1. The Morgan fingerprint density at radius 3 is 2.79 bits per heavy atom. The van der Waals surface area contributed by atoms with Gasteiger partial charge in [0.25, 0.3) is 0 Å². The van der Waals surface area contributed by atoms with Crippen LogP contribution in [0.1, 0.15) is 11.3 Å². The number of likely N-dealkylation sites (N-methyl/N-ethyl adjacent to an activating group) is 1. The van der Waals surface area contributed by atoms with Crippen molar-refractivity contribution in [3.63, 3.8) is 0 Å². The zero-order valence-corrected chi connectivity index (χ0v) is 19.3. The van der Waals surface area contributed by atoms with Gasteiger partial charge in [-0.2, -0.15) is 0 Å². The highest BCUT2D eigenvalue weighted by Gasteiger charge is 2.08. The lowest BCUT2D eigenvalue weighted by Gasteiger charge is -2.22. The average molecular weight is 511 g/mol. The van der Waals surface area contributed by atoms with Crippen molar-refractivity contribution in [3.8, 4) is 5.75 Å². The van der Waals surface area contributed by atoms with E-state index in [9.17, 15) is 4.39 Å². The Morgan fingerprint density at radius 1 is 1.28 bits per heavy atom. The molecular formula is C21H27FIN5O. The molecule has 0 atom stereocenters. The van der Waals surface area contributed by atoms with Crippen LogP contribution < -0.4 is 10.1 Å². The fourth-order valence-corrected chi connectivity index (χ4v) is 2.97. The van der Waals surface area contributed by atoms with Crippen molar-refractivity contribution in [2.75, 3.05) is 33.8 Å². The SMILES string of the molecule is CN=C(NCCc1cn2cccc(C)c2n1)N(C)CCOc1ccccc1F.I. The number of aromatic nitrogens is 2. The summed E-state index contributed by atoms with van der Waals surface area (Å²) in [6, 6.07) is 10.5. The Balaban J connectivity index is 0.00000300. The third kappa shape index (κ3) is 6.06. The van der Waals surface area contributed by atoms with Crippen LogP contribution in [0.5, 0.6) is 5.75 Å². The molecule has 0 saturated heterocycles. The second-order valence-corrected chi connectivity index (χ2v) is 6.58. The number of imidazole rings is 1. The maximum absolute atomic E-state index is 13.6. The minimum atomic E-state index is -0.352. The van der Waals surface area contributed by atoms with E-state index in [2.05, 4.69) is 34.5 Å². The summed E-state index contributed by atoms with van der Waals surface area (Å²) in [5.74, 6) is 0.674. The second kappa shape index (κ2) is 11.0. The van der Waals surface area contributed by atoms with Crippen LogP contribution in [-0.4, -0.2) is 54.0 Å². The Hall–Kier alpha value is -2.36. The van der Waals surface area contributed by atoms with Gasteiger partial charge in [-0.1, -0.05) is 18.2 Å². The first-order chi connectivity index (χ1) is 13.6. The molecule has 2 heterocycles. The molecule has 1 N–H and O–H groups in total. The predicted octanol–water partition coefficient (Wildman–Crippen LogP) is 3.53. The smallest absolute Gasteiger partial charge is 0.193 e. The van der Waals surface area contributed by atoms with Crippen molar-refractivity contribution in [3.05, 3.63) is 65.9 Å². The number of benzene rings is 1. The Kier molecular flexibility index (Phi) is 8.69. The van der Waals surface area contributed by atoms with Crippen LogP contribution >= 0.6 is 24.0 Å². The molecule has 0 aliphatic carbocycles.